The van der Waals surface area contributed by atoms with Gasteiger partial charge in [0.2, 0.25) is 5.91 Å². The molecule has 0 aliphatic carbocycles. The topological polar surface area (TPSA) is 51.2 Å². The number of hydrogen-bond donors (Lipinski definition) is 1. The minimum atomic E-state index is -0.188. The molecule has 27 heavy (non-hydrogen) atoms. The number of nitrogens with one attached hydrogen (secondary N) is 1. The van der Waals surface area contributed by atoms with Crippen molar-refractivity contribution in [1.82, 2.24) is 4.98 Å². The van der Waals surface area contributed by atoms with E-state index in [4.69, 9.17) is 4.74 Å². The lowest BCUT2D eigenvalue weighted by atomic mass is 10.1. The Morgan fingerprint density at radius 3 is 2.74 bits per heavy atom. The van der Waals surface area contributed by atoms with Gasteiger partial charge in [-0.2, -0.15) is 0 Å². The highest BCUT2D eigenvalue weighted by Crippen LogP contribution is 2.29. The summed E-state index contributed by atoms with van der Waals surface area (Å²) >= 11 is 1.49. The number of fused-ring (bicyclic) bond motifs is 1. The van der Waals surface area contributed by atoms with E-state index in [0.717, 1.165) is 46.5 Å². The third-order valence-electron chi connectivity index (χ3n) is 4.13. The van der Waals surface area contributed by atoms with E-state index in [2.05, 4.69) is 36.3 Å². The third kappa shape index (κ3) is 5.17. The zero-order chi connectivity index (χ0) is 19.2. The van der Waals surface area contributed by atoms with Crippen molar-refractivity contribution in [3.8, 4) is 5.75 Å². The van der Waals surface area contributed by atoms with E-state index in [1.165, 1.54) is 23.0 Å². The van der Waals surface area contributed by atoms with E-state index in [1.54, 1.807) is 6.08 Å². The quantitative estimate of drug-likeness (QED) is 0.420. The summed E-state index contributed by atoms with van der Waals surface area (Å²) in [6.07, 6.45) is 5.47. The number of aromatic nitrogens is 1. The molecule has 0 unspecified atom stereocenters. The molecule has 140 valence electrons. The van der Waals surface area contributed by atoms with Crippen molar-refractivity contribution >= 4 is 38.7 Å². The third-order valence-corrected chi connectivity index (χ3v) is 5.05. The first-order valence-electron chi connectivity index (χ1n) is 9.15. The van der Waals surface area contributed by atoms with Crippen LogP contribution in [0.2, 0.25) is 0 Å². The second-order valence-electron chi connectivity index (χ2n) is 6.54. The van der Waals surface area contributed by atoms with Crippen LogP contribution in [0.25, 0.3) is 16.3 Å². The molecule has 1 amide bonds. The summed E-state index contributed by atoms with van der Waals surface area (Å²) in [5, 5.41) is 3.47. The Morgan fingerprint density at radius 1 is 1.22 bits per heavy atom. The number of amides is 1. The predicted octanol–water partition coefficient (Wildman–Crippen LogP) is 5.74. The molecule has 0 aliphatic heterocycles. The number of nitrogens with zero attached hydrogens (tertiary/aromatic N) is 1. The Bertz CT molecular complexity index is 958. The van der Waals surface area contributed by atoms with E-state index >= 15 is 0 Å². The normalized spacial score (nSPS) is 11.2. The first kappa shape index (κ1) is 19.1. The smallest absolute Gasteiger partial charge is 0.250 e. The molecule has 0 bridgehead atoms. The summed E-state index contributed by atoms with van der Waals surface area (Å²) in [5.74, 6) is 0.664. The summed E-state index contributed by atoms with van der Waals surface area (Å²) in [5.41, 5.74) is 4.22. The molecule has 0 atom stereocenters. The van der Waals surface area contributed by atoms with Crippen molar-refractivity contribution < 1.29 is 9.53 Å². The van der Waals surface area contributed by atoms with Crippen LogP contribution in [0, 0.1) is 13.8 Å². The van der Waals surface area contributed by atoms with Gasteiger partial charge in [0, 0.05) is 6.08 Å². The van der Waals surface area contributed by atoms with Gasteiger partial charge in [-0.15, -0.1) is 0 Å². The monoisotopic (exact) mass is 380 g/mol. The first-order chi connectivity index (χ1) is 13.0. The average molecular weight is 381 g/mol. The van der Waals surface area contributed by atoms with Crippen LogP contribution in [0.4, 0.5) is 5.13 Å². The lowest BCUT2D eigenvalue weighted by Gasteiger charge is -2.05. The number of benzene rings is 2. The molecule has 0 aliphatic rings. The molecule has 0 saturated heterocycles. The van der Waals surface area contributed by atoms with Gasteiger partial charge in [-0.3, -0.25) is 10.1 Å². The fourth-order valence-electron chi connectivity index (χ4n) is 2.75. The summed E-state index contributed by atoms with van der Waals surface area (Å²) in [7, 11) is 0. The zero-order valence-electron chi connectivity index (χ0n) is 15.9. The van der Waals surface area contributed by atoms with E-state index in [9.17, 15) is 4.79 Å². The van der Waals surface area contributed by atoms with E-state index in [0.29, 0.717) is 5.13 Å². The van der Waals surface area contributed by atoms with Gasteiger partial charge in [-0.25, -0.2) is 4.98 Å². The summed E-state index contributed by atoms with van der Waals surface area (Å²) in [4.78, 5) is 16.7. The molecule has 1 heterocycles. The minimum Gasteiger partial charge on any atom is -0.494 e. The van der Waals surface area contributed by atoms with Gasteiger partial charge in [0.1, 0.15) is 5.75 Å². The van der Waals surface area contributed by atoms with E-state index in [1.807, 2.05) is 31.2 Å². The zero-order valence-corrected chi connectivity index (χ0v) is 16.7. The van der Waals surface area contributed by atoms with Crippen LogP contribution in [0.1, 0.15) is 36.5 Å². The maximum absolute atomic E-state index is 12.2. The van der Waals surface area contributed by atoms with Crippen molar-refractivity contribution in [2.24, 2.45) is 0 Å². The van der Waals surface area contributed by atoms with Gasteiger partial charge in [0.05, 0.1) is 16.8 Å². The lowest BCUT2D eigenvalue weighted by Crippen LogP contribution is -2.07. The molecule has 0 spiro atoms. The highest BCUT2D eigenvalue weighted by atomic mass is 32.1. The van der Waals surface area contributed by atoms with Crippen LogP contribution in [-0.4, -0.2) is 17.5 Å². The molecule has 1 N–H and O–H groups in total. The second-order valence-corrected chi connectivity index (χ2v) is 7.57. The first-order valence-corrected chi connectivity index (χ1v) is 9.96. The number of ether oxygens (including phenoxy) is 1. The molecule has 5 heteroatoms. The van der Waals surface area contributed by atoms with Crippen molar-refractivity contribution in [1.29, 1.82) is 0 Å². The molecule has 0 saturated carbocycles. The summed E-state index contributed by atoms with van der Waals surface area (Å²) in [6, 6.07) is 11.9. The van der Waals surface area contributed by atoms with Gasteiger partial charge in [-0.1, -0.05) is 42.9 Å². The Balaban J connectivity index is 1.61. The van der Waals surface area contributed by atoms with Crippen LogP contribution in [0.3, 0.4) is 0 Å². The van der Waals surface area contributed by atoms with Crippen LogP contribution in [-0.2, 0) is 4.79 Å². The molecular weight excluding hydrogens is 356 g/mol. The summed E-state index contributed by atoms with van der Waals surface area (Å²) in [6.45, 7) is 6.97. The molecule has 3 rings (SSSR count). The van der Waals surface area contributed by atoms with Gasteiger partial charge in [0.15, 0.2) is 5.13 Å². The minimum absolute atomic E-state index is 0.188. The fraction of sp³-hybridized carbons (Fsp3) is 0.273. The highest BCUT2D eigenvalue weighted by Gasteiger charge is 2.08. The van der Waals surface area contributed by atoms with Gasteiger partial charge in [-0.05, 0) is 61.2 Å². The maximum Gasteiger partial charge on any atom is 0.250 e. The number of carbonyl (C=O) groups is 1. The van der Waals surface area contributed by atoms with Gasteiger partial charge >= 0.3 is 0 Å². The van der Waals surface area contributed by atoms with Crippen molar-refractivity contribution in [3.05, 3.63) is 59.2 Å². The lowest BCUT2D eigenvalue weighted by molar-refractivity contribution is -0.111. The Kier molecular flexibility index (Phi) is 6.24. The number of thiazole rings is 1. The largest absolute Gasteiger partial charge is 0.494 e. The predicted molar refractivity (Wildman–Crippen MR) is 114 cm³/mol. The van der Waals surface area contributed by atoms with Crippen molar-refractivity contribution in [3.63, 3.8) is 0 Å². The molecule has 0 fully saturated rings. The van der Waals surface area contributed by atoms with E-state index < -0.39 is 0 Å². The summed E-state index contributed by atoms with van der Waals surface area (Å²) < 4.78 is 6.73. The molecule has 4 nitrogen and oxygen atoms in total. The standard InChI is InChI=1S/C22H24N2O2S/c1-4-5-12-26-18-9-6-17(7-10-18)8-11-20(25)23-22-24-21-16(3)13-15(2)14-19(21)27-22/h6-11,13-14H,4-5,12H2,1-3H3,(H,23,24,25)/b11-8+. The SMILES string of the molecule is CCCCOc1ccc(/C=C/C(=O)Nc2nc3c(C)cc(C)cc3s2)cc1. The van der Waals surface area contributed by atoms with Crippen molar-refractivity contribution in [2.45, 2.75) is 33.6 Å². The molecular formula is C22H24N2O2S. The Morgan fingerprint density at radius 2 is 2.00 bits per heavy atom. The van der Waals surface area contributed by atoms with Gasteiger partial charge in [0.25, 0.3) is 0 Å². The fourth-order valence-corrected chi connectivity index (χ4v) is 3.80. The molecule has 1 aromatic heterocycles. The van der Waals surface area contributed by atoms with Crippen LogP contribution < -0.4 is 10.1 Å². The number of anilines is 1. The van der Waals surface area contributed by atoms with Crippen LogP contribution in [0.5, 0.6) is 5.75 Å². The maximum atomic E-state index is 12.2. The van der Waals surface area contributed by atoms with E-state index in [-0.39, 0.29) is 5.91 Å². The number of unbranched alkanes of at least 4 members (excludes halogenated alkanes) is 1. The average Bonchev–Trinajstić information content (AvgIpc) is 3.04. The number of rotatable bonds is 7. The second kappa shape index (κ2) is 8.82. The molecule has 0 radical (unpaired) electrons. The van der Waals surface area contributed by atoms with Crippen LogP contribution >= 0.6 is 11.3 Å². The van der Waals surface area contributed by atoms with Crippen molar-refractivity contribution in [2.75, 3.05) is 11.9 Å². The van der Waals surface area contributed by atoms with Crippen LogP contribution in [0.15, 0.2) is 42.5 Å². The highest BCUT2D eigenvalue weighted by molar-refractivity contribution is 7.22. The Labute approximate surface area is 163 Å². The van der Waals surface area contributed by atoms with Gasteiger partial charge < -0.3 is 4.74 Å². The molecule has 3 aromatic rings. The number of carbonyl (C=O) groups excluding carboxylic acids is 1. The number of hydrogen-bond acceptors (Lipinski definition) is 4. The number of aryl methyl sites for hydroxylation is 2. The molecule has 2 aromatic carbocycles. The Hall–Kier alpha value is -2.66.